The first kappa shape index (κ1) is 26.3. The molecule has 3 aromatic heterocycles. The summed E-state index contributed by atoms with van der Waals surface area (Å²) in [5.74, 6) is 1.19. The van der Waals surface area contributed by atoms with Crippen LogP contribution >= 0.6 is 11.3 Å². The van der Waals surface area contributed by atoms with E-state index in [9.17, 15) is 18.3 Å². The number of ether oxygens (including phenoxy) is 1. The molecule has 1 saturated carbocycles. The number of benzene rings is 1. The van der Waals surface area contributed by atoms with Gasteiger partial charge in [-0.3, -0.25) is 10.3 Å². The predicted molar refractivity (Wildman–Crippen MR) is 141 cm³/mol. The SMILES string of the molecule is COc1cncc(-c2ccc(CNC3(O)CCCC(Nc4ncnc5sc(CC(F)(F)F)cc45)C3)cc2)c1. The fourth-order valence-electron chi connectivity index (χ4n) is 4.80. The summed E-state index contributed by atoms with van der Waals surface area (Å²) >= 11 is 1.02. The minimum absolute atomic E-state index is 0.0896. The van der Waals surface area contributed by atoms with Crippen LogP contribution in [0.25, 0.3) is 21.3 Å². The summed E-state index contributed by atoms with van der Waals surface area (Å²) in [6.45, 7) is 0.489. The highest BCUT2D eigenvalue weighted by molar-refractivity contribution is 7.18. The Balaban J connectivity index is 1.22. The van der Waals surface area contributed by atoms with Gasteiger partial charge in [0.05, 0.1) is 25.1 Å². The van der Waals surface area contributed by atoms with E-state index >= 15 is 0 Å². The molecule has 200 valence electrons. The highest BCUT2D eigenvalue weighted by Gasteiger charge is 2.34. The maximum Gasteiger partial charge on any atom is 0.393 e. The Labute approximate surface area is 222 Å². The number of halogens is 3. The van der Waals surface area contributed by atoms with Crippen LogP contribution in [0, 0.1) is 0 Å². The molecule has 0 amide bonds. The maximum atomic E-state index is 12.9. The molecule has 3 heterocycles. The van der Waals surface area contributed by atoms with E-state index in [0.29, 0.717) is 41.2 Å². The maximum absolute atomic E-state index is 12.9. The van der Waals surface area contributed by atoms with Crippen LogP contribution in [0.1, 0.15) is 36.1 Å². The average Bonchev–Trinajstić information content (AvgIpc) is 3.30. The van der Waals surface area contributed by atoms with E-state index in [-0.39, 0.29) is 10.9 Å². The molecule has 0 aliphatic heterocycles. The zero-order chi connectivity index (χ0) is 26.8. The largest absolute Gasteiger partial charge is 0.495 e. The normalized spacial score (nSPS) is 20.0. The van der Waals surface area contributed by atoms with Crippen LogP contribution < -0.4 is 15.4 Å². The molecule has 38 heavy (non-hydrogen) atoms. The Bertz CT molecular complexity index is 1400. The number of rotatable bonds is 8. The Kier molecular flexibility index (Phi) is 7.51. The van der Waals surface area contributed by atoms with Gasteiger partial charge in [-0.25, -0.2) is 9.97 Å². The van der Waals surface area contributed by atoms with E-state index in [1.807, 2.05) is 30.3 Å². The lowest BCUT2D eigenvalue weighted by atomic mass is 9.87. The first-order chi connectivity index (χ1) is 18.2. The van der Waals surface area contributed by atoms with Gasteiger partial charge in [-0.2, -0.15) is 13.2 Å². The van der Waals surface area contributed by atoms with E-state index in [2.05, 4.69) is 25.6 Å². The molecule has 5 rings (SSSR count). The van der Waals surface area contributed by atoms with Gasteiger partial charge in [-0.05, 0) is 42.5 Å². The highest BCUT2D eigenvalue weighted by atomic mass is 32.1. The van der Waals surface area contributed by atoms with Crippen molar-refractivity contribution < 1.29 is 23.0 Å². The lowest BCUT2D eigenvalue weighted by molar-refractivity contribution is -0.126. The first-order valence-corrected chi connectivity index (χ1v) is 13.1. The Hall–Kier alpha value is -3.28. The number of hydrogen-bond donors (Lipinski definition) is 3. The van der Waals surface area contributed by atoms with Crippen molar-refractivity contribution in [1.29, 1.82) is 0 Å². The van der Waals surface area contributed by atoms with E-state index in [1.54, 1.807) is 19.5 Å². The van der Waals surface area contributed by atoms with Gasteiger partial charge in [-0.15, -0.1) is 11.3 Å². The van der Waals surface area contributed by atoms with Crippen LogP contribution in [-0.4, -0.2) is 45.1 Å². The van der Waals surface area contributed by atoms with Crippen molar-refractivity contribution in [2.45, 2.75) is 56.6 Å². The Morgan fingerprint density at radius 3 is 2.71 bits per heavy atom. The van der Waals surface area contributed by atoms with Gasteiger partial charge in [-0.1, -0.05) is 24.3 Å². The van der Waals surface area contributed by atoms with Gasteiger partial charge >= 0.3 is 6.18 Å². The topological polar surface area (TPSA) is 92.2 Å². The number of anilines is 1. The fourth-order valence-corrected chi connectivity index (χ4v) is 5.83. The second-order valence-electron chi connectivity index (χ2n) is 9.58. The molecule has 1 aliphatic rings. The number of thiophene rings is 1. The zero-order valence-electron chi connectivity index (χ0n) is 20.8. The predicted octanol–water partition coefficient (Wildman–Crippen LogP) is 5.70. The molecule has 2 atom stereocenters. The standard InChI is InChI=1S/C27H28F3N5O2S/c1-37-21-9-19(14-31-15-21)18-6-4-17(5-7-18)13-34-26(36)8-2-3-20(11-26)35-24-23-10-22(12-27(28,29)30)38-25(23)33-16-32-24/h4-7,9-10,14-16,20,34,36H,2-3,8,11-13H2,1H3,(H,32,33,35). The third kappa shape index (κ3) is 6.40. The summed E-state index contributed by atoms with van der Waals surface area (Å²) in [6.07, 6.45) is 2.19. The van der Waals surface area contributed by atoms with E-state index in [0.717, 1.165) is 40.9 Å². The summed E-state index contributed by atoms with van der Waals surface area (Å²) in [5, 5.41) is 18.5. The number of nitrogens with one attached hydrogen (secondary N) is 2. The first-order valence-electron chi connectivity index (χ1n) is 12.3. The molecule has 0 bridgehead atoms. The molecule has 0 spiro atoms. The summed E-state index contributed by atoms with van der Waals surface area (Å²) in [6, 6.07) is 11.4. The van der Waals surface area contributed by atoms with Crippen molar-refractivity contribution in [3.05, 3.63) is 65.6 Å². The summed E-state index contributed by atoms with van der Waals surface area (Å²) < 4.78 is 43.8. The molecule has 11 heteroatoms. The van der Waals surface area contributed by atoms with Gasteiger partial charge in [0.25, 0.3) is 0 Å². The van der Waals surface area contributed by atoms with E-state index in [1.165, 1.54) is 12.4 Å². The van der Waals surface area contributed by atoms with Crippen LogP contribution in [0.3, 0.4) is 0 Å². The van der Waals surface area contributed by atoms with Gasteiger partial charge in [0.1, 0.15) is 28.5 Å². The third-order valence-corrected chi connectivity index (χ3v) is 7.72. The van der Waals surface area contributed by atoms with Crippen molar-refractivity contribution in [3.8, 4) is 16.9 Å². The van der Waals surface area contributed by atoms with Crippen molar-refractivity contribution in [2.24, 2.45) is 0 Å². The molecule has 2 unspecified atom stereocenters. The lowest BCUT2D eigenvalue weighted by Gasteiger charge is -2.38. The van der Waals surface area contributed by atoms with Crippen LogP contribution in [0.4, 0.5) is 19.0 Å². The van der Waals surface area contributed by atoms with E-state index in [4.69, 9.17) is 4.74 Å². The molecular formula is C27H28F3N5O2S. The second-order valence-corrected chi connectivity index (χ2v) is 10.7. The summed E-state index contributed by atoms with van der Waals surface area (Å²) in [5.41, 5.74) is 1.93. The van der Waals surface area contributed by atoms with Crippen LogP contribution in [-0.2, 0) is 13.0 Å². The van der Waals surface area contributed by atoms with E-state index < -0.39 is 18.3 Å². The summed E-state index contributed by atoms with van der Waals surface area (Å²) in [4.78, 5) is 13.3. The molecule has 3 N–H and O–H groups in total. The van der Waals surface area contributed by atoms with Gasteiger partial charge in [0.2, 0.25) is 0 Å². The number of pyridine rings is 1. The van der Waals surface area contributed by atoms with Crippen LogP contribution in [0.2, 0.25) is 0 Å². The number of hydrogen-bond acceptors (Lipinski definition) is 8. The number of fused-ring (bicyclic) bond motifs is 1. The number of alkyl halides is 3. The monoisotopic (exact) mass is 543 g/mol. The number of nitrogens with zero attached hydrogens (tertiary/aromatic N) is 3. The smallest absolute Gasteiger partial charge is 0.393 e. The molecule has 4 aromatic rings. The van der Waals surface area contributed by atoms with Crippen LogP contribution in [0.5, 0.6) is 5.75 Å². The third-order valence-electron chi connectivity index (χ3n) is 6.68. The van der Waals surface area contributed by atoms with Crippen molar-refractivity contribution >= 4 is 27.4 Å². The average molecular weight is 544 g/mol. The number of methoxy groups -OCH3 is 1. The minimum Gasteiger partial charge on any atom is -0.495 e. The fraction of sp³-hybridized carbons (Fsp3) is 0.370. The van der Waals surface area contributed by atoms with Crippen molar-refractivity contribution in [3.63, 3.8) is 0 Å². The highest BCUT2D eigenvalue weighted by Crippen LogP contribution is 2.34. The minimum atomic E-state index is -4.28. The van der Waals surface area contributed by atoms with Gasteiger partial charge < -0.3 is 15.2 Å². The Morgan fingerprint density at radius 1 is 1.13 bits per heavy atom. The molecule has 1 aromatic carbocycles. The van der Waals surface area contributed by atoms with Gasteiger partial charge in [0.15, 0.2) is 0 Å². The van der Waals surface area contributed by atoms with Crippen LogP contribution in [0.15, 0.2) is 55.1 Å². The lowest BCUT2D eigenvalue weighted by Crippen LogP contribution is -2.51. The Morgan fingerprint density at radius 2 is 1.95 bits per heavy atom. The summed E-state index contributed by atoms with van der Waals surface area (Å²) in [7, 11) is 1.61. The van der Waals surface area contributed by atoms with Crippen molar-refractivity contribution in [2.75, 3.05) is 12.4 Å². The molecular weight excluding hydrogens is 515 g/mol. The number of aliphatic hydroxyl groups is 1. The molecule has 0 radical (unpaired) electrons. The van der Waals surface area contributed by atoms with Gasteiger partial charge in [0, 0.05) is 35.6 Å². The molecule has 0 saturated heterocycles. The number of aromatic nitrogens is 3. The zero-order valence-corrected chi connectivity index (χ0v) is 21.6. The molecule has 1 fully saturated rings. The molecule has 1 aliphatic carbocycles. The second kappa shape index (κ2) is 10.8. The molecule has 7 nitrogen and oxygen atoms in total. The van der Waals surface area contributed by atoms with Crippen molar-refractivity contribution in [1.82, 2.24) is 20.3 Å². The quantitative estimate of drug-likeness (QED) is 0.246.